The third kappa shape index (κ3) is 7.96. The van der Waals surface area contributed by atoms with Gasteiger partial charge in [0.2, 0.25) is 0 Å². The van der Waals surface area contributed by atoms with E-state index in [0.717, 1.165) is 31.5 Å². The third-order valence-electron chi connectivity index (χ3n) is 7.65. The van der Waals surface area contributed by atoms with Crippen LogP contribution in [0.4, 0.5) is 0 Å². The molecule has 1 atom stereocenters. The van der Waals surface area contributed by atoms with Gasteiger partial charge in [-0.05, 0) is 47.8 Å². The van der Waals surface area contributed by atoms with Crippen molar-refractivity contribution in [2.24, 2.45) is 0 Å². The fourth-order valence-electron chi connectivity index (χ4n) is 5.50. The normalized spacial score (nSPS) is 14.5. The number of nitrogens with zero attached hydrogens (tertiary/aromatic N) is 2. The van der Waals surface area contributed by atoms with Gasteiger partial charge in [0.05, 0.1) is 20.8 Å². The molecular weight excluding hydrogens is 556 g/mol. The number of benzene rings is 3. The number of piperidine rings is 1. The van der Waals surface area contributed by atoms with Crippen molar-refractivity contribution < 1.29 is 28.6 Å². The summed E-state index contributed by atoms with van der Waals surface area (Å²) in [6.45, 7) is 2.78. The molecule has 8 heteroatoms. The van der Waals surface area contributed by atoms with E-state index >= 15 is 0 Å². The first-order valence-electron chi connectivity index (χ1n) is 14.8. The van der Waals surface area contributed by atoms with Crippen LogP contribution in [0.5, 0.6) is 17.2 Å². The molecule has 1 unspecified atom stereocenters. The van der Waals surface area contributed by atoms with Gasteiger partial charge in [0.15, 0.2) is 17.3 Å². The summed E-state index contributed by atoms with van der Waals surface area (Å²) in [5.74, 6) is 2.26. The van der Waals surface area contributed by atoms with Crippen LogP contribution >= 0.6 is 0 Å². The van der Waals surface area contributed by atoms with Crippen LogP contribution in [0, 0.1) is 0 Å². The molecule has 1 N–H and O–H groups in total. The molecule has 1 fully saturated rings. The van der Waals surface area contributed by atoms with Crippen LogP contribution in [-0.2, 0) is 11.3 Å². The summed E-state index contributed by atoms with van der Waals surface area (Å²) in [4.78, 5) is 2.31. The van der Waals surface area contributed by atoms with E-state index in [1.165, 1.54) is 22.3 Å². The Morgan fingerprint density at radius 2 is 1.50 bits per heavy atom. The molecule has 0 spiro atoms. The minimum Gasteiger partial charge on any atom is -0.493 e. The predicted molar refractivity (Wildman–Crippen MR) is 172 cm³/mol. The number of hydrogen-bond donors (Lipinski definition) is 1. The molecule has 1 aromatic heterocycles. The molecule has 3 aromatic carbocycles. The van der Waals surface area contributed by atoms with Crippen molar-refractivity contribution in [3.8, 4) is 17.2 Å². The Kier molecular flexibility index (Phi) is 10.9. The highest BCUT2D eigenvalue weighted by Crippen LogP contribution is 2.36. The number of rotatable bonds is 13. The van der Waals surface area contributed by atoms with Crippen LogP contribution in [0.3, 0.4) is 0 Å². The summed E-state index contributed by atoms with van der Waals surface area (Å²) in [6, 6.07) is 26.6. The molecule has 1 aliphatic heterocycles. The van der Waals surface area contributed by atoms with E-state index in [1.807, 2.05) is 18.2 Å². The van der Waals surface area contributed by atoms with Gasteiger partial charge >= 0.3 is 0 Å². The van der Waals surface area contributed by atoms with Crippen LogP contribution < -0.4 is 14.2 Å². The Balaban J connectivity index is 1.24. The van der Waals surface area contributed by atoms with Gasteiger partial charge in [0.1, 0.15) is 24.2 Å². The SMILES string of the molecule is COCc1cc(/C=C/c2cc(OC)c(OC)cc2OCC(O)CN2CCC(=C(c3ccccc3)c3ccccc3)CC2)on1. The number of aromatic nitrogens is 1. The summed E-state index contributed by atoms with van der Waals surface area (Å²) in [5, 5.41) is 15.0. The largest absolute Gasteiger partial charge is 0.493 e. The molecule has 4 aromatic rings. The maximum Gasteiger partial charge on any atom is 0.164 e. The fourth-order valence-corrected chi connectivity index (χ4v) is 5.50. The number of hydrogen-bond acceptors (Lipinski definition) is 8. The average Bonchev–Trinajstić information content (AvgIpc) is 3.52. The van der Waals surface area contributed by atoms with Crippen molar-refractivity contribution in [2.75, 3.05) is 47.6 Å². The van der Waals surface area contributed by atoms with Gasteiger partial charge in [-0.25, -0.2) is 0 Å². The van der Waals surface area contributed by atoms with Gasteiger partial charge in [0, 0.05) is 44.4 Å². The monoisotopic (exact) mass is 596 g/mol. The molecule has 0 bridgehead atoms. The Morgan fingerprint density at radius 3 is 2.11 bits per heavy atom. The van der Waals surface area contributed by atoms with Crippen LogP contribution in [-0.4, -0.2) is 68.8 Å². The number of aliphatic hydroxyl groups excluding tert-OH is 1. The Hall–Kier alpha value is -4.37. The zero-order chi connectivity index (χ0) is 30.7. The van der Waals surface area contributed by atoms with Crippen molar-refractivity contribution in [2.45, 2.75) is 25.6 Å². The molecule has 5 rings (SSSR count). The highest BCUT2D eigenvalue weighted by Gasteiger charge is 2.21. The molecular formula is C36H40N2O6. The second kappa shape index (κ2) is 15.4. The Morgan fingerprint density at radius 1 is 0.864 bits per heavy atom. The molecule has 1 saturated heterocycles. The number of β-amino-alcohol motifs (C(OH)–C–C–N with tert-alkyl or cyclic N) is 1. The molecule has 0 radical (unpaired) electrons. The topological polar surface area (TPSA) is 86.4 Å². The zero-order valence-corrected chi connectivity index (χ0v) is 25.6. The predicted octanol–water partition coefficient (Wildman–Crippen LogP) is 6.35. The summed E-state index contributed by atoms with van der Waals surface area (Å²) in [7, 11) is 4.78. The third-order valence-corrected chi connectivity index (χ3v) is 7.65. The number of ether oxygens (including phenoxy) is 4. The van der Waals surface area contributed by atoms with E-state index in [0.29, 0.717) is 41.9 Å². The van der Waals surface area contributed by atoms with Gasteiger partial charge in [-0.1, -0.05) is 71.4 Å². The Bertz CT molecular complexity index is 1500. The molecule has 8 nitrogen and oxygen atoms in total. The number of methoxy groups -OCH3 is 3. The maximum absolute atomic E-state index is 11.0. The lowest BCUT2D eigenvalue weighted by molar-refractivity contribution is 0.0654. The smallest absolute Gasteiger partial charge is 0.164 e. The minimum atomic E-state index is -0.668. The van der Waals surface area contributed by atoms with Crippen molar-refractivity contribution in [1.29, 1.82) is 0 Å². The summed E-state index contributed by atoms with van der Waals surface area (Å²) in [5.41, 5.74) is 6.72. The maximum atomic E-state index is 11.0. The summed E-state index contributed by atoms with van der Waals surface area (Å²) >= 11 is 0. The first-order valence-corrected chi connectivity index (χ1v) is 14.8. The second-order valence-electron chi connectivity index (χ2n) is 10.7. The average molecular weight is 597 g/mol. The van der Waals surface area contributed by atoms with Gasteiger partial charge in [-0.3, -0.25) is 4.90 Å². The highest BCUT2D eigenvalue weighted by atomic mass is 16.5. The molecule has 230 valence electrons. The Labute approximate surface area is 259 Å². The van der Waals surface area contributed by atoms with E-state index in [4.69, 9.17) is 23.5 Å². The van der Waals surface area contributed by atoms with Crippen LogP contribution in [0.2, 0.25) is 0 Å². The van der Waals surface area contributed by atoms with Crippen molar-refractivity contribution in [1.82, 2.24) is 10.1 Å². The van der Waals surface area contributed by atoms with Gasteiger partial charge < -0.3 is 28.6 Å². The van der Waals surface area contributed by atoms with E-state index in [2.05, 4.69) is 70.7 Å². The van der Waals surface area contributed by atoms with Crippen molar-refractivity contribution >= 4 is 17.7 Å². The first-order chi connectivity index (χ1) is 21.6. The molecule has 0 amide bonds. The lowest BCUT2D eigenvalue weighted by Crippen LogP contribution is -2.39. The van der Waals surface area contributed by atoms with E-state index < -0.39 is 6.10 Å². The lowest BCUT2D eigenvalue weighted by atomic mass is 9.88. The fraction of sp³-hybridized carbons (Fsp3) is 0.306. The molecule has 0 aliphatic carbocycles. The van der Waals surface area contributed by atoms with Gasteiger partial charge in [-0.15, -0.1) is 0 Å². The van der Waals surface area contributed by atoms with Gasteiger partial charge in [-0.2, -0.15) is 0 Å². The molecule has 2 heterocycles. The summed E-state index contributed by atoms with van der Waals surface area (Å²) < 4.78 is 27.6. The standard InChI is InChI=1S/C36H40N2O6/c1-40-24-30-21-32(44-37-30)15-14-29-20-34(41-2)35(42-3)22-33(29)43-25-31(39)23-38-18-16-28(17-19-38)36(26-10-6-4-7-11-26)27-12-8-5-9-13-27/h4-15,20-22,31,39H,16-19,23-25H2,1-3H3/b15-14+. The van der Waals surface area contributed by atoms with Crippen molar-refractivity contribution in [3.05, 3.63) is 113 Å². The van der Waals surface area contributed by atoms with E-state index in [-0.39, 0.29) is 6.61 Å². The van der Waals surface area contributed by atoms with E-state index in [9.17, 15) is 5.11 Å². The van der Waals surface area contributed by atoms with Gasteiger partial charge in [0.25, 0.3) is 0 Å². The zero-order valence-electron chi connectivity index (χ0n) is 25.6. The van der Waals surface area contributed by atoms with Crippen LogP contribution in [0.1, 0.15) is 41.0 Å². The molecule has 0 saturated carbocycles. The van der Waals surface area contributed by atoms with Crippen molar-refractivity contribution in [3.63, 3.8) is 0 Å². The molecule has 44 heavy (non-hydrogen) atoms. The number of aliphatic hydroxyl groups is 1. The van der Waals surface area contributed by atoms with Crippen LogP contribution in [0.25, 0.3) is 17.7 Å². The minimum absolute atomic E-state index is 0.134. The second-order valence-corrected chi connectivity index (χ2v) is 10.7. The number of likely N-dealkylation sites (tertiary alicyclic amines) is 1. The lowest BCUT2D eigenvalue weighted by Gasteiger charge is -2.31. The summed E-state index contributed by atoms with van der Waals surface area (Å²) in [6.07, 6.45) is 4.89. The molecule has 1 aliphatic rings. The first kappa shape index (κ1) is 31.1. The van der Waals surface area contributed by atoms with Crippen LogP contribution in [0.15, 0.2) is 89.0 Å². The quantitative estimate of drug-likeness (QED) is 0.191. The highest BCUT2D eigenvalue weighted by molar-refractivity contribution is 5.82. The van der Waals surface area contributed by atoms with E-state index in [1.54, 1.807) is 33.5 Å².